The number of thiol groups is 1. The van der Waals surface area contributed by atoms with E-state index in [9.17, 15) is 0 Å². The minimum absolute atomic E-state index is 0.0341. The van der Waals surface area contributed by atoms with Crippen molar-refractivity contribution in [2.75, 3.05) is 38.5 Å². The van der Waals surface area contributed by atoms with Crippen LogP contribution in [0.1, 0.15) is 137 Å². The molecule has 0 rings (SSSR count). The third-order valence-electron chi connectivity index (χ3n) is 10.8. The van der Waals surface area contributed by atoms with Crippen LogP contribution in [0.15, 0.2) is 0 Å². The van der Waals surface area contributed by atoms with Gasteiger partial charge in [-0.1, -0.05) is 37.0 Å². The highest BCUT2D eigenvalue weighted by atomic mass is 33.1. The Morgan fingerprint density at radius 2 is 1.27 bits per heavy atom. The summed E-state index contributed by atoms with van der Waals surface area (Å²) in [5.74, 6) is 1.34. The molecule has 0 aromatic heterocycles. The van der Waals surface area contributed by atoms with E-state index in [2.05, 4.69) is 136 Å². The van der Waals surface area contributed by atoms with Crippen molar-refractivity contribution < 1.29 is 22.7 Å². The normalized spacial score (nSPS) is 19.5. The fourth-order valence-corrected chi connectivity index (χ4v) is 11.4. The fraction of sp³-hybridized carbons (Fsp3) is 1.00. The van der Waals surface area contributed by atoms with Crippen LogP contribution < -0.4 is 5.48 Å². The van der Waals surface area contributed by atoms with Gasteiger partial charge in [0.2, 0.25) is 0 Å². The van der Waals surface area contributed by atoms with Gasteiger partial charge in [-0.25, -0.2) is 0 Å². The highest BCUT2D eigenvalue weighted by Crippen LogP contribution is 2.70. The van der Waals surface area contributed by atoms with E-state index in [0.29, 0.717) is 19.1 Å². The molecule has 44 heavy (non-hydrogen) atoms. The van der Waals surface area contributed by atoms with E-state index in [-0.39, 0.29) is 38.3 Å². The van der Waals surface area contributed by atoms with Crippen molar-refractivity contribution in [3.05, 3.63) is 0 Å². The van der Waals surface area contributed by atoms with Crippen LogP contribution in [0.25, 0.3) is 0 Å². The van der Waals surface area contributed by atoms with E-state index >= 15 is 0 Å². The summed E-state index contributed by atoms with van der Waals surface area (Å²) in [6.45, 7) is 38.9. The van der Waals surface area contributed by atoms with E-state index < -0.39 is 25.3 Å². The van der Waals surface area contributed by atoms with Crippen molar-refractivity contribution in [2.24, 2.45) is 11.3 Å². The lowest BCUT2D eigenvalue weighted by Gasteiger charge is -2.59. The number of rotatable bonds is 22. The standard InChI is InChI=1S/C35H77NO5S3/c1-27(2)32(10,11)44(20,42)40-34(14,15)35(16,17)43(19,41-36-18)25-21-23-37-31(8,9)22-24-38-33(12,13)30(6,7)26-29(5)39-28(3)4/h27-29,36,42H,21-26H2,1-20H3. The lowest BCUT2D eigenvalue weighted by Crippen LogP contribution is -2.53. The Balaban J connectivity index is 5.33. The highest BCUT2D eigenvalue weighted by molar-refractivity contribution is 8.86. The van der Waals surface area contributed by atoms with E-state index in [1.807, 2.05) is 7.05 Å². The molecule has 0 amide bonds. The summed E-state index contributed by atoms with van der Waals surface area (Å²) in [4.78, 5) is 0. The van der Waals surface area contributed by atoms with Gasteiger partial charge in [0, 0.05) is 28.9 Å². The maximum atomic E-state index is 7.01. The quantitative estimate of drug-likeness (QED) is 0.0511. The maximum absolute atomic E-state index is 7.01. The molecule has 0 aliphatic heterocycles. The second-order valence-corrected chi connectivity index (χ2v) is 25.3. The summed E-state index contributed by atoms with van der Waals surface area (Å²) < 4.78 is 32.1. The molecule has 9 heteroatoms. The van der Waals surface area contributed by atoms with E-state index in [1.165, 1.54) is 0 Å². The molecule has 0 aromatic carbocycles. The van der Waals surface area contributed by atoms with Gasteiger partial charge in [0.05, 0.1) is 35.6 Å². The van der Waals surface area contributed by atoms with Gasteiger partial charge in [-0.3, -0.25) is 4.28 Å². The summed E-state index contributed by atoms with van der Waals surface area (Å²) in [6.07, 6.45) is 7.52. The summed E-state index contributed by atoms with van der Waals surface area (Å²) in [6, 6.07) is 0. The van der Waals surface area contributed by atoms with Gasteiger partial charge >= 0.3 is 0 Å². The van der Waals surface area contributed by atoms with Crippen molar-refractivity contribution in [3.8, 4) is 0 Å². The molecule has 0 heterocycles. The number of hydrogen-bond donors (Lipinski definition) is 2. The second kappa shape index (κ2) is 16.5. The summed E-state index contributed by atoms with van der Waals surface area (Å²) >= 11 is 5.16. The first-order chi connectivity index (χ1) is 19.4. The Hall–Kier alpha value is 0.810. The Bertz CT molecular complexity index is 855. The van der Waals surface area contributed by atoms with Crippen molar-refractivity contribution in [1.29, 1.82) is 0 Å². The Morgan fingerprint density at radius 1 is 0.750 bits per heavy atom. The van der Waals surface area contributed by atoms with E-state index in [1.54, 1.807) is 0 Å². The van der Waals surface area contributed by atoms with Gasteiger partial charge in [-0.2, -0.15) is 5.48 Å². The molecule has 0 aromatic rings. The molecule has 6 nitrogen and oxygen atoms in total. The monoisotopic (exact) mass is 687 g/mol. The minimum Gasteiger partial charge on any atom is -0.376 e. The molecular formula is C35H77NO5S3. The van der Waals surface area contributed by atoms with Gasteiger partial charge in [0.1, 0.15) is 0 Å². The van der Waals surface area contributed by atoms with Crippen molar-refractivity contribution in [1.82, 2.24) is 5.48 Å². The SMILES string of the molecule is CNOS(C)(CCCOC(C)(C)CCOC(C)(C)C(C)(C)CC(C)OC(C)C)C(C)(C)C(C)(C)OS(C)(S)C(C)(C)C(C)C. The topological polar surface area (TPSA) is 58.2 Å². The van der Waals surface area contributed by atoms with Gasteiger partial charge in [0.25, 0.3) is 0 Å². The molecule has 270 valence electrons. The zero-order chi connectivity index (χ0) is 35.2. The number of hydroxylamine groups is 1. The summed E-state index contributed by atoms with van der Waals surface area (Å²) in [5, 5.41) is 0. The van der Waals surface area contributed by atoms with Crippen molar-refractivity contribution in [3.63, 3.8) is 0 Å². The molecule has 3 atom stereocenters. The molecule has 0 fully saturated rings. The predicted octanol–water partition coefficient (Wildman–Crippen LogP) is 10.3. The van der Waals surface area contributed by atoms with Crippen molar-refractivity contribution >= 4 is 31.3 Å². The third-order valence-corrected chi connectivity index (χ3v) is 19.9. The summed E-state index contributed by atoms with van der Waals surface area (Å²) in [7, 11) is -1.44. The smallest absolute Gasteiger partial charge is 0.0908 e. The molecule has 0 saturated heterocycles. The van der Waals surface area contributed by atoms with Crippen LogP contribution >= 0.6 is 31.3 Å². The number of hydrogen-bond acceptors (Lipinski definition) is 7. The molecule has 0 saturated carbocycles. The van der Waals surface area contributed by atoms with Gasteiger partial charge in [0.15, 0.2) is 0 Å². The maximum Gasteiger partial charge on any atom is 0.0908 e. The fourth-order valence-electron chi connectivity index (χ4n) is 5.14. The zero-order valence-electron chi connectivity index (χ0n) is 32.8. The molecule has 3 unspecified atom stereocenters. The average Bonchev–Trinajstić information content (AvgIpc) is 2.79. The molecule has 0 aliphatic carbocycles. The Morgan fingerprint density at radius 3 is 1.73 bits per heavy atom. The van der Waals surface area contributed by atoms with Crippen molar-refractivity contribution in [2.45, 2.75) is 175 Å². The van der Waals surface area contributed by atoms with Crippen LogP contribution in [0.5, 0.6) is 0 Å². The average molecular weight is 688 g/mol. The van der Waals surface area contributed by atoms with Crippen LogP contribution in [0, 0.1) is 11.3 Å². The van der Waals surface area contributed by atoms with Gasteiger partial charge < -0.3 is 18.4 Å². The van der Waals surface area contributed by atoms with Crippen LogP contribution in [0.3, 0.4) is 0 Å². The lowest BCUT2D eigenvalue weighted by molar-refractivity contribution is -0.133. The number of nitrogens with one attached hydrogen (secondary N) is 1. The van der Waals surface area contributed by atoms with E-state index in [0.717, 1.165) is 25.0 Å². The van der Waals surface area contributed by atoms with Crippen LogP contribution in [-0.2, 0) is 22.7 Å². The van der Waals surface area contributed by atoms with Crippen LogP contribution in [-0.4, -0.2) is 77.0 Å². The van der Waals surface area contributed by atoms with E-state index in [4.69, 9.17) is 34.3 Å². The van der Waals surface area contributed by atoms with Crippen LogP contribution in [0.4, 0.5) is 0 Å². The van der Waals surface area contributed by atoms with Crippen LogP contribution in [0.2, 0.25) is 0 Å². The lowest BCUT2D eigenvalue weighted by atomic mass is 9.73. The summed E-state index contributed by atoms with van der Waals surface area (Å²) in [5.41, 5.74) is 1.95. The first-order valence-corrected chi connectivity index (χ1v) is 21.8. The molecule has 1 N–H and O–H groups in total. The zero-order valence-corrected chi connectivity index (χ0v) is 35.3. The van der Waals surface area contributed by atoms with Gasteiger partial charge in [-0.15, -0.1) is 22.0 Å². The first kappa shape index (κ1) is 44.8. The molecule has 0 bridgehead atoms. The Kier molecular flexibility index (Phi) is 16.8. The minimum atomic E-state index is -1.67. The predicted molar refractivity (Wildman–Crippen MR) is 203 cm³/mol. The molecule has 0 radical (unpaired) electrons. The number of ether oxygens (including phenoxy) is 3. The molecule has 0 spiro atoms. The largest absolute Gasteiger partial charge is 0.376 e. The second-order valence-electron chi connectivity index (χ2n) is 16.8. The molecular weight excluding hydrogens is 611 g/mol. The Labute approximate surface area is 283 Å². The van der Waals surface area contributed by atoms with Gasteiger partial charge in [-0.05, 0) is 133 Å². The third kappa shape index (κ3) is 12.0. The molecule has 0 aliphatic rings. The first-order valence-electron chi connectivity index (χ1n) is 16.7. The highest BCUT2D eigenvalue weighted by Gasteiger charge is 2.53.